The Kier molecular flexibility index (Phi) is 7.75. The average Bonchev–Trinajstić information content (AvgIpc) is 3.03. The second-order valence-corrected chi connectivity index (χ2v) is 7.04. The van der Waals surface area contributed by atoms with Crippen LogP contribution in [0.5, 0.6) is 0 Å². The van der Waals surface area contributed by atoms with Crippen molar-refractivity contribution in [3.63, 3.8) is 0 Å². The maximum absolute atomic E-state index is 11.1. The van der Waals surface area contributed by atoms with Crippen molar-refractivity contribution in [2.45, 2.75) is 63.7 Å². The van der Waals surface area contributed by atoms with Crippen LogP contribution in [-0.4, -0.2) is 48.5 Å². The number of hydrogen-bond donors (Lipinski definition) is 3. The van der Waals surface area contributed by atoms with Crippen molar-refractivity contribution >= 4 is 35.8 Å². The summed E-state index contributed by atoms with van der Waals surface area (Å²) < 4.78 is 5.39. The molecule has 4 N–H and O–H groups in total. The van der Waals surface area contributed by atoms with Gasteiger partial charge in [0.15, 0.2) is 11.7 Å². The lowest BCUT2D eigenvalue weighted by atomic mass is 9.82. The van der Waals surface area contributed by atoms with E-state index in [-0.39, 0.29) is 29.7 Å². The average molecular weight is 475 g/mol. The molecule has 7 nitrogen and oxygen atoms in total. The molecule has 2 unspecified atom stereocenters. The maximum Gasteiger partial charge on any atom is 0.284 e. The second-order valence-electron chi connectivity index (χ2n) is 7.04. The number of primary amides is 1. The molecule has 1 aromatic rings. The van der Waals surface area contributed by atoms with Crippen LogP contribution in [0.1, 0.15) is 55.3 Å². The first-order valence-corrected chi connectivity index (χ1v) is 9.22. The van der Waals surface area contributed by atoms with E-state index >= 15 is 0 Å². The van der Waals surface area contributed by atoms with Gasteiger partial charge in [-0.15, -0.1) is 24.0 Å². The molecular formula is C18H30IN5O2. The van der Waals surface area contributed by atoms with Crippen molar-refractivity contribution in [3.8, 4) is 0 Å². The molecule has 146 valence electrons. The number of hydrogen-bond acceptors (Lipinski definition) is 4. The number of fused-ring (bicyclic) bond motifs is 2. The number of nitrogens with zero attached hydrogens (tertiary/aromatic N) is 2. The molecule has 1 aromatic heterocycles. The molecule has 3 heterocycles. The van der Waals surface area contributed by atoms with Gasteiger partial charge in [0.2, 0.25) is 0 Å². The predicted octanol–water partition coefficient (Wildman–Crippen LogP) is 2.07. The second kappa shape index (κ2) is 9.59. The molecule has 2 saturated heterocycles. The number of piperidine rings is 2. The number of rotatable bonds is 5. The minimum Gasteiger partial charge on any atom is -0.454 e. The highest BCUT2D eigenvalue weighted by Gasteiger charge is 2.36. The van der Waals surface area contributed by atoms with Crippen molar-refractivity contribution in [3.05, 3.63) is 23.7 Å². The summed E-state index contributed by atoms with van der Waals surface area (Å²) in [5.41, 5.74) is 5.21. The Hall–Kier alpha value is -1.29. The van der Waals surface area contributed by atoms with Gasteiger partial charge in [0.25, 0.3) is 5.91 Å². The fourth-order valence-corrected chi connectivity index (χ4v) is 4.00. The predicted molar refractivity (Wildman–Crippen MR) is 113 cm³/mol. The van der Waals surface area contributed by atoms with Gasteiger partial charge in [-0.3, -0.25) is 4.79 Å². The van der Waals surface area contributed by atoms with Crippen molar-refractivity contribution in [2.75, 3.05) is 13.6 Å². The molecule has 8 heteroatoms. The third-order valence-electron chi connectivity index (χ3n) is 5.32. The van der Waals surface area contributed by atoms with E-state index in [4.69, 9.17) is 10.2 Å². The molecule has 0 aromatic carbocycles. The Labute approximate surface area is 172 Å². The number of carbonyl (C=O) groups excluding carboxylic acids is 1. The van der Waals surface area contributed by atoms with Gasteiger partial charge < -0.3 is 25.7 Å². The first-order chi connectivity index (χ1) is 12.1. The number of amides is 1. The van der Waals surface area contributed by atoms with Gasteiger partial charge in [-0.25, -0.2) is 4.99 Å². The number of aliphatic imine (C=N–C) groups is 1. The molecule has 2 bridgehead atoms. The lowest BCUT2D eigenvalue weighted by Crippen LogP contribution is -2.56. The fourth-order valence-electron chi connectivity index (χ4n) is 4.00. The van der Waals surface area contributed by atoms with E-state index in [9.17, 15) is 4.79 Å². The van der Waals surface area contributed by atoms with Crippen LogP contribution in [0.3, 0.4) is 0 Å². The quantitative estimate of drug-likeness (QED) is 0.344. The van der Waals surface area contributed by atoms with Gasteiger partial charge in [0.1, 0.15) is 12.3 Å². The van der Waals surface area contributed by atoms with E-state index in [0.717, 1.165) is 25.3 Å². The highest BCUT2D eigenvalue weighted by atomic mass is 127. The topological polar surface area (TPSA) is 95.9 Å². The van der Waals surface area contributed by atoms with E-state index in [2.05, 4.69) is 34.5 Å². The summed E-state index contributed by atoms with van der Waals surface area (Å²) in [5.74, 6) is 1.04. The van der Waals surface area contributed by atoms with Gasteiger partial charge in [0.05, 0.1) is 0 Å². The SMILES string of the molecule is CCNC(=NCc1ccc(C(N)=O)o1)NC1CC2CCCC(C1)N2C.I. The zero-order valence-electron chi connectivity index (χ0n) is 15.5. The van der Waals surface area contributed by atoms with Crippen LogP contribution < -0.4 is 16.4 Å². The largest absolute Gasteiger partial charge is 0.454 e. The molecule has 26 heavy (non-hydrogen) atoms. The molecule has 2 aliphatic rings. The van der Waals surface area contributed by atoms with E-state index in [0.29, 0.717) is 30.4 Å². The summed E-state index contributed by atoms with van der Waals surface area (Å²) in [7, 11) is 2.26. The highest BCUT2D eigenvalue weighted by molar-refractivity contribution is 14.0. The summed E-state index contributed by atoms with van der Waals surface area (Å²) in [4.78, 5) is 18.3. The molecule has 2 atom stereocenters. The van der Waals surface area contributed by atoms with E-state index in [1.807, 2.05) is 0 Å². The molecule has 2 fully saturated rings. The number of nitrogens with two attached hydrogens (primary N) is 1. The molecule has 0 saturated carbocycles. The van der Waals surface area contributed by atoms with Crippen LogP contribution in [-0.2, 0) is 6.54 Å². The minimum absolute atomic E-state index is 0. The van der Waals surface area contributed by atoms with Crippen LogP contribution >= 0.6 is 24.0 Å². The lowest BCUT2D eigenvalue weighted by molar-refractivity contribution is 0.0526. The van der Waals surface area contributed by atoms with Gasteiger partial charge in [-0.2, -0.15) is 0 Å². The lowest BCUT2D eigenvalue weighted by Gasteiger charge is -2.47. The number of halogens is 1. The first kappa shape index (κ1) is 21.0. The Balaban J connectivity index is 0.00000243. The fraction of sp³-hybridized carbons (Fsp3) is 0.667. The molecule has 0 aliphatic carbocycles. The number of nitrogens with one attached hydrogen (secondary N) is 2. The first-order valence-electron chi connectivity index (χ1n) is 9.22. The Morgan fingerprint density at radius 1 is 1.35 bits per heavy atom. The molecule has 0 spiro atoms. The van der Waals surface area contributed by atoms with Crippen molar-refractivity contribution in [1.82, 2.24) is 15.5 Å². The Bertz CT molecular complexity index is 619. The molecule has 1 amide bonds. The summed E-state index contributed by atoms with van der Waals surface area (Å²) in [6.07, 6.45) is 6.25. The monoisotopic (exact) mass is 475 g/mol. The highest BCUT2D eigenvalue weighted by Crippen LogP contribution is 2.32. The Morgan fingerprint density at radius 3 is 2.62 bits per heavy atom. The summed E-state index contributed by atoms with van der Waals surface area (Å²) in [5, 5.41) is 6.88. The molecule has 0 radical (unpaired) electrons. The Morgan fingerprint density at radius 2 is 2.04 bits per heavy atom. The van der Waals surface area contributed by atoms with Crippen molar-refractivity contribution in [2.24, 2.45) is 10.7 Å². The third-order valence-corrected chi connectivity index (χ3v) is 5.32. The van der Waals surface area contributed by atoms with Gasteiger partial charge >= 0.3 is 0 Å². The van der Waals surface area contributed by atoms with Crippen molar-refractivity contribution in [1.29, 1.82) is 0 Å². The third kappa shape index (κ3) is 5.12. The van der Waals surface area contributed by atoms with E-state index in [1.54, 1.807) is 12.1 Å². The zero-order valence-corrected chi connectivity index (χ0v) is 17.9. The number of carbonyl (C=O) groups is 1. The number of furan rings is 1. The van der Waals surface area contributed by atoms with Gasteiger partial charge in [0, 0.05) is 24.7 Å². The van der Waals surface area contributed by atoms with Crippen LogP contribution in [0.15, 0.2) is 21.5 Å². The van der Waals surface area contributed by atoms with Gasteiger partial charge in [-0.05, 0) is 51.8 Å². The summed E-state index contributed by atoms with van der Waals surface area (Å²) in [6.45, 7) is 3.23. The summed E-state index contributed by atoms with van der Waals surface area (Å²) >= 11 is 0. The normalized spacial score (nSPS) is 26.1. The van der Waals surface area contributed by atoms with Crippen LogP contribution in [0.2, 0.25) is 0 Å². The van der Waals surface area contributed by atoms with Crippen molar-refractivity contribution < 1.29 is 9.21 Å². The standard InChI is InChI=1S/C18H29N5O2.HI/c1-3-20-18(21-11-15-7-8-16(25-15)17(19)24)22-12-9-13-5-4-6-14(10-12)23(13)2;/h7-8,12-14H,3-6,9-11H2,1-2H3,(H2,19,24)(H2,20,21,22);1H. The molecule has 2 aliphatic heterocycles. The van der Waals surface area contributed by atoms with E-state index < -0.39 is 5.91 Å². The van der Waals surface area contributed by atoms with Crippen LogP contribution in [0, 0.1) is 0 Å². The minimum atomic E-state index is -0.557. The molecule has 3 rings (SSSR count). The summed E-state index contributed by atoms with van der Waals surface area (Å²) in [6, 6.07) is 5.13. The zero-order chi connectivity index (χ0) is 17.8. The van der Waals surface area contributed by atoms with Crippen LogP contribution in [0.4, 0.5) is 0 Å². The van der Waals surface area contributed by atoms with E-state index in [1.165, 1.54) is 19.3 Å². The smallest absolute Gasteiger partial charge is 0.284 e. The maximum atomic E-state index is 11.1. The van der Waals surface area contributed by atoms with Gasteiger partial charge in [-0.1, -0.05) is 6.42 Å². The number of guanidine groups is 1. The van der Waals surface area contributed by atoms with Crippen LogP contribution in [0.25, 0.3) is 0 Å². The molecular weight excluding hydrogens is 445 g/mol.